The predicted molar refractivity (Wildman–Crippen MR) is 254 cm³/mol. The van der Waals surface area contributed by atoms with E-state index in [9.17, 15) is 0 Å². The molecule has 9 aromatic carbocycles. The van der Waals surface area contributed by atoms with Gasteiger partial charge in [0.05, 0.1) is 11.0 Å². The van der Waals surface area contributed by atoms with Crippen LogP contribution in [0.2, 0.25) is 0 Å². The van der Waals surface area contributed by atoms with E-state index >= 15 is 0 Å². The molecule has 6 heteroatoms. The molecular formula is C55H32N4OS. The number of para-hydroxylation sites is 4. The standard InChI is InChI=1S/C55H32N4OS/c1-2-16-36(17-3-1)59-47-25-9-6-19-38(47)41-22-13-24-43(51(41)59)55-57-53(56-54(58-55)42-23-12-15-33-14-4-5-18-37(33)42)35-31-44(52-46(32-35)39-20-7-10-26-48(39)60-52)34-28-29-50-45(30-34)40-21-8-11-27-49(40)61-50/h1-32H. The minimum Gasteiger partial charge on any atom is -0.455 e. The highest BCUT2D eigenvalue weighted by molar-refractivity contribution is 7.25. The lowest BCUT2D eigenvalue weighted by molar-refractivity contribution is 0.670. The number of furan rings is 1. The Morgan fingerprint density at radius 3 is 1.93 bits per heavy atom. The minimum absolute atomic E-state index is 0.586. The van der Waals surface area contributed by atoms with Crippen LogP contribution >= 0.6 is 11.3 Å². The third kappa shape index (κ3) is 5.29. The largest absolute Gasteiger partial charge is 0.455 e. The fourth-order valence-electron chi connectivity index (χ4n) is 9.27. The number of aromatic nitrogens is 4. The van der Waals surface area contributed by atoms with Crippen LogP contribution in [0.15, 0.2) is 199 Å². The van der Waals surface area contributed by atoms with Gasteiger partial charge in [0.15, 0.2) is 17.5 Å². The van der Waals surface area contributed by atoms with Crippen molar-refractivity contribution in [1.82, 2.24) is 19.5 Å². The number of fused-ring (bicyclic) bond motifs is 10. The van der Waals surface area contributed by atoms with Crippen LogP contribution in [0.5, 0.6) is 0 Å². The molecule has 0 saturated carbocycles. The Hall–Kier alpha value is -7.93. The van der Waals surface area contributed by atoms with E-state index in [0.717, 1.165) is 82.6 Å². The fraction of sp³-hybridized carbons (Fsp3) is 0. The van der Waals surface area contributed by atoms with Crippen molar-refractivity contribution in [3.05, 3.63) is 194 Å². The first-order valence-electron chi connectivity index (χ1n) is 20.4. The normalized spacial score (nSPS) is 11.9. The molecule has 0 unspecified atom stereocenters. The van der Waals surface area contributed by atoms with Gasteiger partial charge in [-0.15, -0.1) is 11.3 Å². The van der Waals surface area contributed by atoms with Crippen molar-refractivity contribution >= 4 is 86.0 Å². The maximum Gasteiger partial charge on any atom is 0.166 e. The van der Waals surface area contributed by atoms with Gasteiger partial charge in [-0.25, -0.2) is 15.0 Å². The molecular weight excluding hydrogens is 765 g/mol. The molecule has 0 bridgehead atoms. The first kappa shape index (κ1) is 34.0. The van der Waals surface area contributed by atoms with E-state index in [1.807, 2.05) is 23.5 Å². The van der Waals surface area contributed by atoms with Crippen molar-refractivity contribution in [2.45, 2.75) is 0 Å². The summed E-state index contributed by atoms with van der Waals surface area (Å²) in [6.07, 6.45) is 0. The zero-order chi connectivity index (χ0) is 40.0. The Kier molecular flexibility index (Phi) is 7.41. The van der Waals surface area contributed by atoms with Gasteiger partial charge in [0.1, 0.15) is 11.2 Å². The third-order valence-corrected chi connectivity index (χ3v) is 13.2. The molecule has 0 spiro atoms. The number of benzene rings is 9. The molecule has 0 atom stereocenters. The summed E-state index contributed by atoms with van der Waals surface area (Å²) < 4.78 is 11.6. The minimum atomic E-state index is 0.586. The number of rotatable bonds is 5. The highest BCUT2D eigenvalue weighted by atomic mass is 32.1. The lowest BCUT2D eigenvalue weighted by atomic mass is 9.97. The lowest BCUT2D eigenvalue weighted by Gasteiger charge is -2.14. The average molecular weight is 797 g/mol. The zero-order valence-corrected chi connectivity index (χ0v) is 33.4. The van der Waals surface area contributed by atoms with E-state index in [1.54, 1.807) is 0 Å². The first-order chi connectivity index (χ1) is 30.2. The molecule has 0 aliphatic heterocycles. The van der Waals surface area contributed by atoms with Crippen LogP contribution in [0.25, 0.3) is 126 Å². The molecule has 61 heavy (non-hydrogen) atoms. The second-order valence-corrected chi connectivity index (χ2v) is 16.6. The number of hydrogen-bond donors (Lipinski definition) is 0. The molecule has 0 fully saturated rings. The van der Waals surface area contributed by atoms with E-state index in [2.05, 4.69) is 187 Å². The third-order valence-electron chi connectivity index (χ3n) is 12.0. The zero-order valence-electron chi connectivity index (χ0n) is 32.6. The lowest BCUT2D eigenvalue weighted by Crippen LogP contribution is -2.02. The monoisotopic (exact) mass is 796 g/mol. The molecule has 0 N–H and O–H groups in total. The summed E-state index contributed by atoms with van der Waals surface area (Å²) in [5.74, 6) is 1.80. The second kappa shape index (κ2) is 13.3. The average Bonchev–Trinajstić information content (AvgIpc) is 4.01. The number of thiophene rings is 1. The molecule has 0 amide bonds. The molecule has 284 valence electrons. The van der Waals surface area contributed by atoms with Crippen molar-refractivity contribution in [1.29, 1.82) is 0 Å². The smallest absolute Gasteiger partial charge is 0.166 e. The molecule has 4 heterocycles. The molecule has 0 saturated heterocycles. The summed E-state index contributed by atoms with van der Waals surface area (Å²) in [4.78, 5) is 16.2. The van der Waals surface area contributed by atoms with E-state index in [0.29, 0.717) is 17.5 Å². The molecule has 0 aliphatic carbocycles. The van der Waals surface area contributed by atoms with Crippen molar-refractivity contribution in [2.75, 3.05) is 0 Å². The van der Waals surface area contributed by atoms with Gasteiger partial charge < -0.3 is 8.98 Å². The van der Waals surface area contributed by atoms with Crippen LogP contribution in [0.3, 0.4) is 0 Å². The Balaban J connectivity index is 1.12. The van der Waals surface area contributed by atoms with Crippen LogP contribution in [0, 0.1) is 0 Å². The number of nitrogens with zero attached hydrogens (tertiary/aromatic N) is 4. The highest BCUT2D eigenvalue weighted by Gasteiger charge is 2.23. The molecule has 13 rings (SSSR count). The molecule has 4 aromatic heterocycles. The Bertz CT molecular complexity index is 3890. The summed E-state index contributed by atoms with van der Waals surface area (Å²) in [7, 11) is 0. The van der Waals surface area contributed by atoms with Gasteiger partial charge in [-0.1, -0.05) is 133 Å². The highest BCUT2D eigenvalue weighted by Crippen LogP contribution is 2.43. The van der Waals surface area contributed by atoms with Gasteiger partial charge >= 0.3 is 0 Å². The van der Waals surface area contributed by atoms with Crippen LogP contribution in [0.4, 0.5) is 0 Å². The van der Waals surface area contributed by atoms with Gasteiger partial charge in [-0.2, -0.15) is 0 Å². The quantitative estimate of drug-likeness (QED) is 0.174. The molecule has 0 radical (unpaired) electrons. The van der Waals surface area contributed by atoms with Crippen molar-refractivity contribution < 1.29 is 4.42 Å². The van der Waals surface area contributed by atoms with Crippen LogP contribution in [-0.4, -0.2) is 19.5 Å². The van der Waals surface area contributed by atoms with Crippen molar-refractivity contribution in [2.24, 2.45) is 0 Å². The van der Waals surface area contributed by atoms with Gasteiger partial charge in [0.25, 0.3) is 0 Å². The van der Waals surface area contributed by atoms with E-state index in [4.69, 9.17) is 19.4 Å². The van der Waals surface area contributed by atoms with Crippen LogP contribution in [-0.2, 0) is 0 Å². The summed E-state index contributed by atoms with van der Waals surface area (Å²) in [6, 6.07) is 68.4. The van der Waals surface area contributed by atoms with E-state index in [1.165, 1.54) is 25.6 Å². The van der Waals surface area contributed by atoms with Crippen molar-refractivity contribution in [3.8, 4) is 51.0 Å². The van der Waals surface area contributed by atoms with Gasteiger partial charge in [-0.3, -0.25) is 0 Å². The SMILES string of the molecule is c1ccc(-n2c3ccccc3c3cccc(-c4nc(-c5cc(-c6ccc7sc8ccccc8c7c6)c6oc7ccccc7c6c5)nc(-c5cccc6ccccc56)n4)c32)cc1. The summed E-state index contributed by atoms with van der Waals surface area (Å²) in [6.45, 7) is 0. The topological polar surface area (TPSA) is 56.7 Å². The maximum atomic E-state index is 6.72. The van der Waals surface area contributed by atoms with E-state index < -0.39 is 0 Å². The van der Waals surface area contributed by atoms with Crippen LogP contribution < -0.4 is 0 Å². The van der Waals surface area contributed by atoms with Gasteiger partial charge in [0.2, 0.25) is 0 Å². The predicted octanol–water partition coefficient (Wildman–Crippen LogP) is 15.1. The fourth-order valence-corrected chi connectivity index (χ4v) is 10.4. The van der Waals surface area contributed by atoms with Crippen LogP contribution in [0.1, 0.15) is 0 Å². The van der Waals surface area contributed by atoms with Crippen molar-refractivity contribution in [3.63, 3.8) is 0 Å². The van der Waals surface area contributed by atoms with E-state index in [-0.39, 0.29) is 0 Å². The second-order valence-electron chi connectivity index (χ2n) is 15.5. The summed E-state index contributed by atoms with van der Waals surface area (Å²) in [5, 5.41) is 9.06. The maximum absolute atomic E-state index is 6.72. The molecule has 5 nitrogen and oxygen atoms in total. The summed E-state index contributed by atoms with van der Waals surface area (Å²) in [5.41, 5.74) is 9.73. The molecule has 13 aromatic rings. The van der Waals surface area contributed by atoms with Gasteiger partial charge in [0, 0.05) is 69.7 Å². The molecule has 0 aliphatic rings. The van der Waals surface area contributed by atoms with Gasteiger partial charge in [-0.05, 0) is 77.0 Å². The summed E-state index contributed by atoms with van der Waals surface area (Å²) >= 11 is 1.82. The Morgan fingerprint density at radius 1 is 0.393 bits per heavy atom. The Labute approximate surface area is 353 Å². The first-order valence-corrected chi connectivity index (χ1v) is 21.2. The number of hydrogen-bond acceptors (Lipinski definition) is 5. The Morgan fingerprint density at radius 2 is 1.03 bits per heavy atom.